The summed E-state index contributed by atoms with van der Waals surface area (Å²) >= 11 is 0. The van der Waals surface area contributed by atoms with E-state index in [1.165, 1.54) is 7.11 Å². The topological polar surface area (TPSA) is 114 Å². The van der Waals surface area contributed by atoms with Gasteiger partial charge in [0.1, 0.15) is 18.6 Å². The fraction of sp³-hybridized carbons (Fsp3) is 0.333. The number of amides is 1. The number of allylic oxidation sites excluding steroid dienone is 3. The molecule has 9 heteroatoms. The molecule has 0 aromatic heterocycles. The molecule has 2 aliphatic carbocycles. The van der Waals surface area contributed by atoms with E-state index in [1.807, 2.05) is 39.0 Å². The zero-order chi connectivity index (χ0) is 28.0. The Morgan fingerprint density at radius 1 is 1.10 bits per heavy atom. The van der Waals surface area contributed by atoms with Gasteiger partial charge in [-0.25, -0.2) is 8.42 Å². The van der Waals surface area contributed by atoms with Crippen LogP contribution in [0.3, 0.4) is 0 Å². The fourth-order valence-corrected chi connectivity index (χ4v) is 8.18. The minimum Gasteiger partial charge on any atom is -0.477 e. The van der Waals surface area contributed by atoms with Gasteiger partial charge in [-0.2, -0.15) is 0 Å². The Hall–Kier alpha value is -3.69. The molecule has 2 heterocycles. The first-order valence-corrected chi connectivity index (χ1v) is 14.3. The molecule has 0 saturated heterocycles. The van der Waals surface area contributed by atoms with Crippen LogP contribution in [0.2, 0.25) is 0 Å². The molecule has 202 valence electrons. The van der Waals surface area contributed by atoms with Gasteiger partial charge in [0.25, 0.3) is 5.91 Å². The third-order valence-corrected chi connectivity index (χ3v) is 10.6. The second-order valence-electron chi connectivity index (χ2n) is 11.2. The molecule has 1 spiro atoms. The molecule has 2 aliphatic heterocycles. The molecule has 0 fully saturated rings. The quantitative estimate of drug-likeness (QED) is 0.552. The predicted octanol–water partition coefficient (Wildman–Crippen LogP) is 4.39. The largest absolute Gasteiger partial charge is 0.477 e. The number of oxime groups is 1. The van der Waals surface area contributed by atoms with E-state index in [0.717, 1.165) is 16.7 Å². The van der Waals surface area contributed by atoms with Crippen LogP contribution in [-0.2, 0) is 21.1 Å². The lowest BCUT2D eigenvalue weighted by Gasteiger charge is -2.58. The van der Waals surface area contributed by atoms with Gasteiger partial charge in [-0.1, -0.05) is 67.9 Å². The Morgan fingerprint density at radius 3 is 2.51 bits per heavy atom. The molecular formula is C30H30N2O6S. The van der Waals surface area contributed by atoms with E-state index in [4.69, 9.17) is 9.57 Å². The van der Waals surface area contributed by atoms with Crippen molar-refractivity contribution in [1.29, 1.82) is 0 Å². The Bertz CT molecular complexity index is 1670. The predicted molar refractivity (Wildman–Crippen MR) is 146 cm³/mol. The van der Waals surface area contributed by atoms with Gasteiger partial charge >= 0.3 is 0 Å². The molecule has 4 aliphatic rings. The summed E-state index contributed by atoms with van der Waals surface area (Å²) in [5.41, 5.74) is 0.765. The third-order valence-electron chi connectivity index (χ3n) is 8.82. The number of aliphatic hydroxyl groups is 1. The molecule has 3 atom stereocenters. The zero-order valence-electron chi connectivity index (χ0n) is 22.4. The van der Waals surface area contributed by atoms with Crippen LogP contribution >= 0.6 is 0 Å². The molecule has 6 rings (SSSR count). The van der Waals surface area contributed by atoms with Crippen LogP contribution < -0.4 is 10.1 Å². The highest BCUT2D eigenvalue weighted by molar-refractivity contribution is 7.96. The minimum atomic E-state index is -4.06. The van der Waals surface area contributed by atoms with Gasteiger partial charge in [0, 0.05) is 10.8 Å². The van der Waals surface area contributed by atoms with Crippen LogP contribution in [0, 0.1) is 10.8 Å². The van der Waals surface area contributed by atoms with Crippen molar-refractivity contribution in [2.45, 2.75) is 50.8 Å². The summed E-state index contributed by atoms with van der Waals surface area (Å²) in [5.74, 6) is 0.0126. The van der Waals surface area contributed by atoms with E-state index >= 15 is 0 Å². The number of carbonyl (C=O) groups excluding carboxylic acids is 1. The van der Waals surface area contributed by atoms with Gasteiger partial charge in [0.05, 0.1) is 20.9 Å². The maximum atomic E-state index is 14.2. The van der Waals surface area contributed by atoms with Gasteiger partial charge in [-0.15, -0.1) is 0 Å². The van der Waals surface area contributed by atoms with Gasteiger partial charge in [0.15, 0.2) is 11.8 Å². The molecule has 0 bridgehead atoms. The second kappa shape index (κ2) is 8.16. The van der Waals surface area contributed by atoms with Crippen LogP contribution in [0.4, 0.5) is 0 Å². The van der Waals surface area contributed by atoms with Gasteiger partial charge in [-0.05, 0) is 48.8 Å². The highest BCUT2D eigenvalue weighted by Crippen LogP contribution is 2.62. The SMILES string of the molecule is CON=C1C(S(=O)(=O)c2ccccc2)=CC23Oc4c(ccc5c4C(O)NC5=O)CC2(C)C(C)=CC=C3C1(C)C. The number of hydrogen-bond acceptors (Lipinski definition) is 7. The molecule has 2 aromatic rings. The van der Waals surface area contributed by atoms with Crippen molar-refractivity contribution in [3.05, 3.63) is 93.4 Å². The van der Waals surface area contributed by atoms with E-state index in [-0.39, 0.29) is 21.4 Å². The normalized spacial score (nSPS) is 29.5. The van der Waals surface area contributed by atoms with E-state index in [1.54, 1.807) is 42.5 Å². The molecular weight excluding hydrogens is 516 g/mol. The number of fused-ring (bicyclic) bond motifs is 3. The van der Waals surface area contributed by atoms with Gasteiger partial charge in [0.2, 0.25) is 9.84 Å². The van der Waals surface area contributed by atoms with E-state index in [0.29, 0.717) is 23.3 Å². The maximum Gasteiger partial charge on any atom is 0.254 e. The van der Waals surface area contributed by atoms with Crippen molar-refractivity contribution < 1.29 is 27.9 Å². The number of sulfone groups is 1. The summed E-state index contributed by atoms with van der Waals surface area (Å²) in [6.45, 7) is 7.91. The maximum absolute atomic E-state index is 14.2. The minimum absolute atomic E-state index is 0.00408. The highest BCUT2D eigenvalue weighted by atomic mass is 32.2. The third kappa shape index (κ3) is 3.23. The van der Waals surface area contributed by atoms with Crippen molar-refractivity contribution in [1.82, 2.24) is 5.32 Å². The first-order chi connectivity index (χ1) is 18.4. The number of hydrogen-bond donors (Lipinski definition) is 2. The van der Waals surface area contributed by atoms with Crippen LogP contribution in [0.5, 0.6) is 5.75 Å². The summed E-state index contributed by atoms with van der Waals surface area (Å²) in [6, 6.07) is 11.8. The Labute approximate surface area is 227 Å². The Morgan fingerprint density at radius 2 is 1.82 bits per heavy atom. The molecule has 1 amide bonds. The monoisotopic (exact) mass is 546 g/mol. The first-order valence-electron chi connectivity index (χ1n) is 12.8. The van der Waals surface area contributed by atoms with Crippen molar-refractivity contribution in [2.75, 3.05) is 7.11 Å². The molecule has 39 heavy (non-hydrogen) atoms. The number of nitrogens with zero attached hydrogens (tertiary/aromatic N) is 1. The highest BCUT2D eigenvalue weighted by Gasteiger charge is 2.64. The summed E-state index contributed by atoms with van der Waals surface area (Å²) in [7, 11) is -2.66. The summed E-state index contributed by atoms with van der Waals surface area (Å²) < 4.78 is 35.4. The Balaban J connectivity index is 1.70. The number of nitrogens with one attached hydrogen (secondary N) is 1. The van der Waals surface area contributed by atoms with E-state index < -0.39 is 32.5 Å². The number of rotatable bonds is 3. The van der Waals surface area contributed by atoms with Crippen LogP contribution in [0.25, 0.3) is 0 Å². The number of benzene rings is 2. The van der Waals surface area contributed by atoms with Crippen molar-refractivity contribution in [3.63, 3.8) is 0 Å². The molecule has 0 radical (unpaired) electrons. The molecule has 3 unspecified atom stereocenters. The van der Waals surface area contributed by atoms with Gasteiger partial charge in [-0.3, -0.25) is 4.79 Å². The van der Waals surface area contributed by atoms with Crippen LogP contribution in [-0.4, -0.2) is 37.9 Å². The lowest BCUT2D eigenvalue weighted by molar-refractivity contribution is 0.00707. The lowest BCUT2D eigenvalue weighted by Crippen LogP contribution is -2.62. The van der Waals surface area contributed by atoms with Crippen LogP contribution in [0.1, 0.15) is 55.4 Å². The second-order valence-corrected chi connectivity index (χ2v) is 13.2. The van der Waals surface area contributed by atoms with E-state index in [9.17, 15) is 18.3 Å². The van der Waals surface area contributed by atoms with Crippen molar-refractivity contribution in [2.24, 2.45) is 16.0 Å². The average Bonchev–Trinajstić information content (AvgIpc) is 3.19. The van der Waals surface area contributed by atoms with Crippen molar-refractivity contribution in [3.8, 4) is 5.75 Å². The van der Waals surface area contributed by atoms with Gasteiger partial charge < -0.3 is 20.0 Å². The zero-order valence-corrected chi connectivity index (χ0v) is 23.2. The summed E-state index contributed by atoms with van der Waals surface area (Å²) in [4.78, 5) is 17.9. The van der Waals surface area contributed by atoms with Crippen molar-refractivity contribution >= 4 is 21.5 Å². The molecule has 0 saturated carbocycles. The Kier molecular flexibility index (Phi) is 5.35. The average molecular weight is 547 g/mol. The molecule has 2 aromatic carbocycles. The summed E-state index contributed by atoms with van der Waals surface area (Å²) in [5, 5.41) is 17.6. The fourth-order valence-electron chi connectivity index (χ4n) is 6.54. The molecule has 8 nitrogen and oxygen atoms in total. The smallest absolute Gasteiger partial charge is 0.254 e. The number of aliphatic hydroxyl groups excluding tert-OH is 1. The number of ether oxygens (including phenoxy) is 1. The standard InChI is InChI=1S/C30H30N2O6S/c1-17-11-14-22-28(2,3)25(32-37-5)21(39(35,36)19-9-7-6-8-10-19)16-30(22)29(17,4)15-18-12-13-20-23(24(18)38-30)27(34)31-26(20)33/h6-14,16,27,34H,15H2,1-5H3,(H,31,33). The number of carbonyl (C=O) groups is 1. The lowest BCUT2D eigenvalue weighted by atomic mass is 9.52. The van der Waals surface area contributed by atoms with E-state index in [2.05, 4.69) is 17.4 Å². The molecule has 2 N–H and O–H groups in total. The summed E-state index contributed by atoms with van der Waals surface area (Å²) in [6.07, 6.45) is 4.96. The van der Waals surface area contributed by atoms with Crippen LogP contribution in [0.15, 0.2) is 86.8 Å². The first kappa shape index (κ1) is 25.6.